The number of thiazole rings is 1. The predicted molar refractivity (Wildman–Crippen MR) is 87.0 cm³/mol. The zero-order valence-corrected chi connectivity index (χ0v) is 11.5. The van der Waals surface area contributed by atoms with E-state index in [0.717, 1.165) is 27.2 Å². The molecule has 1 heterocycles. The topological polar surface area (TPSA) is 38.9 Å². The van der Waals surface area contributed by atoms with Gasteiger partial charge in [-0.15, -0.1) is 11.3 Å². The molecule has 0 aliphatic rings. The van der Waals surface area contributed by atoms with E-state index >= 15 is 0 Å². The van der Waals surface area contributed by atoms with Gasteiger partial charge in [0.15, 0.2) is 0 Å². The highest BCUT2D eigenvalue weighted by Gasteiger charge is 2.10. The van der Waals surface area contributed by atoms with Crippen molar-refractivity contribution in [3.05, 3.63) is 60.7 Å². The zero-order valence-electron chi connectivity index (χ0n) is 10.7. The lowest BCUT2D eigenvalue weighted by atomic mass is 10.1. The monoisotopic (exact) mass is 276 g/mol. The molecule has 2 N–H and O–H groups in total. The number of para-hydroxylation sites is 1. The van der Waals surface area contributed by atoms with Crippen LogP contribution in [0.2, 0.25) is 0 Å². The molecule has 0 saturated heterocycles. The van der Waals surface area contributed by atoms with Crippen LogP contribution in [-0.4, -0.2) is 4.98 Å². The third-order valence-corrected chi connectivity index (χ3v) is 4.51. The SMILES string of the molecule is Nc1cc2ccccc2cc1-c1nc2ccccc2s1. The number of hydrogen-bond donors (Lipinski definition) is 1. The lowest BCUT2D eigenvalue weighted by molar-refractivity contribution is 1.48. The van der Waals surface area contributed by atoms with Crippen molar-refractivity contribution < 1.29 is 0 Å². The molecule has 0 radical (unpaired) electrons. The second-order valence-corrected chi connectivity index (χ2v) is 5.80. The van der Waals surface area contributed by atoms with Crippen molar-refractivity contribution in [2.24, 2.45) is 0 Å². The molecule has 96 valence electrons. The minimum atomic E-state index is 0.780. The summed E-state index contributed by atoms with van der Waals surface area (Å²) in [6.07, 6.45) is 0. The number of fused-ring (bicyclic) bond motifs is 2. The second kappa shape index (κ2) is 4.32. The molecule has 1 aromatic heterocycles. The maximum Gasteiger partial charge on any atom is 0.126 e. The van der Waals surface area contributed by atoms with E-state index in [9.17, 15) is 0 Å². The van der Waals surface area contributed by atoms with Crippen LogP contribution in [0.25, 0.3) is 31.6 Å². The summed E-state index contributed by atoms with van der Waals surface area (Å²) in [5.41, 5.74) is 9.03. The van der Waals surface area contributed by atoms with Gasteiger partial charge in [-0.05, 0) is 35.0 Å². The number of nitrogen functional groups attached to an aromatic ring is 1. The Morgan fingerprint density at radius 2 is 1.55 bits per heavy atom. The largest absolute Gasteiger partial charge is 0.398 e. The predicted octanol–water partition coefficient (Wildman–Crippen LogP) is 4.70. The highest BCUT2D eigenvalue weighted by Crippen LogP contribution is 2.35. The minimum absolute atomic E-state index is 0.780. The Bertz CT molecular complexity index is 891. The Labute approximate surface area is 120 Å². The van der Waals surface area contributed by atoms with E-state index in [1.807, 2.05) is 36.4 Å². The number of benzene rings is 3. The zero-order chi connectivity index (χ0) is 13.5. The van der Waals surface area contributed by atoms with Crippen molar-refractivity contribution in [3.8, 4) is 10.6 Å². The first-order valence-electron chi connectivity index (χ1n) is 6.45. The summed E-state index contributed by atoms with van der Waals surface area (Å²) >= 11 is 1.68. The summed E-state index contributed by atoms with van der Waals surface area (Å²) < 4.78 is 1.19. The molecule has 0 unspecified atom stereocenters. The third-order valence-electron chi connectivity index (χ3n) is 3.44. The number of hydrogen-bond acceptors (Lipinski definition) is 3. The van der Waals surface area contributed by atoms with Crippen LogP contribution in [0.4, 0.5) is 5.69 Å². The molecular formula is C17H12N2S. The molecule has 2 nitrogen and oxygen atoms in total. The molecule has 0 saturated carbocycles. The van der Waals surface area contributed by atoms with Gasteiger partial charge in [-0.25, -0.2) is 4.98 Å². The van der Waals surface area contributed by atoms with Gasteiger partial charge in [0, 0.05) is 11.3 Å². The second-order valence-electron chi connectivity index (χ2n) is 4.77. The number of anilines is 1. The van der Waals surface area contributed by atoms with E-state index in [0.29, 0.717) is 0 Å². The van der Waals surface area contributed by atoms with Gasteiger partial charge >= 0.3 is 0 Å². The van der Waals surface area contributed by atoms with Crippen molar-refractivity contribution in [1.29, 1.82) is 0 Å². The van der Waals surface area contributed by atoms with Crippen LogP contribution in [0.15, 0.2) is 60.7 Å². The third kappa shape index (κ3) is 1.75. The Kier molecular flexibility index (Phi) is 2.47. The minimum Gasteiger partial charge on any atom is -0.398 e. The summed E-state index contributed by atoms with van der Waals surface area (Å²) in [6.45, 7) is 0. The maximum absolute atomic E-state index is 6.21. The highest BCUT2D eigenvalue weighted by molar-refractivity contribution is 7.21. The van der Waals surface area contributed by atoms with Gasteiger partial charge in [-0.2, -0.15) is 0 Å². The standard InChI is InChI=1S/C17H12N2S/c18-14-10-12-6-2-1-5-11(12)9-13(14)17-19-15-7-3-4-8-16(15)20-17/h1-10H,18H2. The molecule has 0 bridgehead atoms. The molecule has 0 fully saturated rings. The molecule has 0 amide bonds. The number of nitrogens with two attached hydrogens (primary N) is 1. The van der Waals surface area contributed by atoms with Crippen molar-refractivity contribution in [1.82, 2.24) is 4.98 Å². The van der Waals surface area contributed by atoms with Gasteiger partial charge in [0.2, 0.25) is 0 Å². The summed E-state index contributed by atoms with van der Waals surface area (Å²) in [6, 6.07) is 20.6. The highest BCUT2D eigenvalue weighted by atomic mass is 32.1. The van der Waals surface area contributed by atoms with E-state index in [1.165, 1.54) is 10.1 Å². The lowest BCUT2D eigenvalue weighted by Crippen LogP contribution is -1.90. The van der Waals surface area contributed by atoms with Gasteiger partial charge in [0.25, 0.3) is 0 Å². The first-order valence-corrected chi connectivity index (χ1v) is 7.27. The molecule has 0 spiro atoms. The summed E-state index contributed by atoms with van der Waals surface area (Å²) in [5.74, 6) is 0. The van der Waals surface area contributed by atoms with Crippen LogP contribution >= 0.6 is 11.3 Å². The Morgan fingerprint density at radius 3 is 2.35 bits per heavy atom. The fourth-order valence-corrected chi connectivity index (χ4v) is 3.43. The molecule has 4 aromatic rings. The number of nitrogens with zero attached hydrogens (tertiary/aromatic N) is 1. The first kappa shape index (κ1) is 11.4. The fourth-order valence-electron chi connectivity index (χ4n) is 2.43. The van der Waals surface area contributed by atoms with E-state index < -0.39 is 0 Å². The molecule has 0 aliphatic heterocycles. The quantitative estimate of drug-likeness (QED) is 0.512. The van der Waals surface area contributed by atoms with Crippen LogP contribution in [-0.2, 0) is 0 Å². The molecule has 20 heavy (non-hydrogen) atoms. The van der Waals surface area contributed by atoms with Crippen LogP contribution in [0.3, 0.4) is 0 Å². The summed E-state index contributed by atoms with van der Waals surface area (Å²) in [7, 11) is 0. The van der Waals surface area contributed by atoms with Crippen LogP contribution in [0.5, 0.6) is 0 Å². The summed E-state index contributed by atoms with van der Waals surface area (Å²) in [5, 5.41) is 3.33. The average molecular weight is 276 g/mol. The van der Waals surface area contributed by atoms with E-state index in [1.54, 1.807) is 11.3 Å². The normalized spacial score (nSPS) is 11.2. The molecular weight excluding hydrogens is 264 g/mol. The van der Waals surface area contributed by atoms with Crippen molar-refractivity contribution in [2.45, 2.75) is 0 Å². The van der Waals surface area contributed by atoms with Gasteiger partial charge in [-0.1, -0.05) is 36.4 Å². The molecule has 3 aromatic carbocycles. The molecule has 3 heteroatoms. The van der Waals surface area contributed by atoms with Gasteiger partial charge in [0.05, 0.1) is 10.2 Å². The van der Waals surface area contributed by atoms with Gasteiger partial charge < -0.3 is 5.73 Å². The average Bonchev–Trinajstić information content (AvgIpc) is 2.90. The first-order chi connectivity index (χ1) is 9.81. The van der Waals surface area contributed by atoms with E-state index in [2.05, 4.69) is 29.2 Å². The van der Waals surface area contributed by atoms with E-state index in [-0.39, 0.29) is 0 Å². The van der Waals surface area contributed by atoms with Crippen LogP contribution < -0.4 is 5.73 Å². The maximum atomic E-state index is 6.21. The Morgan fingerprint density at radius 1 is 0.850 bits per heavy atom. The van der Waals surface area contributed by atoms with Crippen molar-refractivity contribution >= 4 is 38.0 Å². The van der Waals surface area contributed by atoms with Crippen molar-refractivity contribution in [2.75, 3.05) is 5.73 Å². The van der Waals surface area contributed by atoms with Crippen LogP contribution in [0.1, 0.15) is 0 Å². The van der Waals surface area contributed by atoms with Gasteiger partial charge in [-0.3, -0.25) is 0 Å². The number of aromatic nitrogens is 1. The summed E-state index contributed by atoms with van der Waals surface area (Å²) in [4.78, 5) is 4.69. The lowest BCUT2D eigenvalue weighted by Gasteiger charge is -2.05. The molecule has 0 aliphatic carbocycles. The molecule has 0 atom stereocenters. The van der Waals surface area contributed by atoms with Gasteiger partial charge in [0.1, 0.15) is 5.01 Å². The van der Waals surface area contributed by atoms with Crippen LogP contribution in [0, 0.1) is 0 Å². The smallest absolute Gasteiger partial charge is 0.126 e. The molecule has 4 rings (SSSR count). The van der Waals surface area contributed by atoms with Crippen molar-refractivity contribution in [3.63, 3.8) is 0 Å². The Hall–Kier alpha value is -2.39. The van der Waals surface area contributed by atoms with E-state index in [4.69, 9.17) is 5.73 Å². The number of rotatable bonds is 1. The Balaban J connectivity index is 1.98. The fraction of sp³-hybridized carbons (Fsp3) is 0.